The van der Waals surface area contributed by atoms with E-state index < -0.39 is 16.6 Å². The standard InChI is InChI=1S/C31H56O5Si2/c1-20(11-14-26(32)34-4)22-12-13-23-27-24(16-18-30(22,23)2)31(3)17-15-21(35-37(5,6)7)19-25(31)28(33)29(27)36-38(8,9)10/h20-25,27,29H,11-19H2,1-10H3/t20-,21-,22-,23+,24+,25+,27+,29+,30-,31-/m1/s1. The lowest BCUT2D eigenvalue weighted by Gasteiger charge is -2.63. The Bertz CT molecular complexity index is 894. The zero-order chi connectivity index (χ0) is 28.3. The highest BCUT2D eigenvalue weighted by Gasteiger charge is 2.66. The van der Waals surface area contributed by atoms with Gasteiger partial charge < -0.3 is 13.6 Å². The van der Waals surface area contributed by atoms with Crippen molar-refractivity contribution in [1.29, 1.82) is 0 Å². The molecule has 4 rings (SSSR count). The Morgan fingerprint density at radius 1 is 0.921 bits per heavy atom. The molecule has 4 aliphatic carbocycles. The van der Waals surface area contributed by atoms with Gasteiger partial charge in [-0.1, -0.05) is 20.8 Å². The third kappa shape index (κ3) is 5.78. The Hall–Kier alpha value is -0.506. The minimum absolute atomic E-state index is 0.0519. The molecule has 10 atom stereocenters. The average molecular weight is 565 g/mol. The van der Waals surface area contributed by atoms with E-state index in [1.165, 1.54) is 32.8 Å². The minimum atomic E-state index is -1.93. The molecule has 0 aromatic carbocycles. The Labute approximate surface area is 234 Å². The highest BCUT2D eigenvalue weighted by Crippen LogP contribution is 2.68. The highest BCUT2D eigenvalue weighted by atomic mass is 28.4. The lowest BCUT2D eigenvalue weighted by atomic mass is 9.43. The van der Waals surface area contributed by atoms with Crippen molar-refractivity contribution in [2.24, 2.45) is 46.3 Å². The fourth-order valence-electron chi connectivity index (χ4n) is 9.70. The second-order valence-corrected chi connectivity index (χ2v) is 24.8. The van der Waals surface area contributed by atoms with E-state index in [2.05, 4.69) is 60.1 Å². The molecule has 0 saturated heterocycles. The maximum atomic E-state index is 14.5. The predicted molar refractivity (Wildman–Crippen MR) is 158 cm³/mol. The number of hydrogen-bond acceptors (Lipinski definition) is 5. The molecule has 0 amide bonds. The van der Waals surface area contributed by atoms with Gasteiger partial charge in [-0.25, -0.2) is 0 Å². The number of carbonyl (C=O) groups excluding carboxylic acids is 2. The van der Waals surface area contributed by atoms with Crippen LogP contribution in [-0.2, 0) is 23.2 Å². The van der Waals surface area contributed by atoms with Crippen LogP contribution in [0.1, 0.15) is 78.6 Å². The van der Waals surface area contributed by atoms with Crippen LogP contribution < -0.4 is 0 Å². The van der Waals surface area contributed by atoms with Crippen LogP contribution >= 0.6 is 0 Å². The quantitative estimate of drug-likeness (QED) is 0.226. The summed E-state index contributed by atoms with van der Waals surface area (Å²) < 4.78 is 18.5. The first-order valence-corrected chi connectivity index (χ1v) is 22.3. The van der Waals surface area contributed by atoms with Crippen LogP contribution in [0.15, 0.2) is 0 Å². The maximum Gasteiger partial charge on any atom is 0.305 e. The van der Waals surface area contributed by atoms with E-state index in [1.54, 1.807) is 0 Å². The van der Waals surface area contributed by atoms with Gasteiger partial charge in [-0.15, -0.1) is 0 Å². The number of rotatable bonds is 8. The normalized spacial score (nSPS) is 42.2. The van der Waals surface area contributed by atoms with E-state index >= 15 is 0 Å². The molecule has 0 spiro atoms. The van der Waals surface area contributed by atoms with Crippen LogP contribution in [0.25, 0.3) is 0 Å². The number of hydrogen-bond donors (Lipinski definition) is 0. The van der Waals surface area contributed by atoms with Gasteiger partial charge in [-0.2, -0.15) is 0 Å². The number of methoxy groups -OCH3 is 1. The van der Waals surface area contributed by atoms with Crippen molar-refractivity contribution in [3.63, 3.8) is 0 Å². The topological polar surface area (TPSA) is 61.8 Å². The van der Waals surface area contributed by atoms with Gasteiger partial charge in [-0.3, -0.25) is 9.59 Å². The van der Waals surface area contributed by atoms with Gasteiger partial charge >= 0.3 is 5.97 Å². The van der Waals surface area contributed by atoms with Crippen molar-refractivity contribution in [3.8, 4) is 0 Å². The van der Waals surface area contributed by atoms with Crippen molar-refractivity contribution in [2.45, 2.75) is 130 Å². The second kappa shape index (κ2) is 10.7. The van der Waals surface area contributed by atoms with E-state index in [0.717, 1.165) is 25.7 Å². The molecular weight excluding hydrogens is 509 g/mol. The average Bonchev–Trinajstić information content (AvgIpc) is 3.16. The van der Waals surface area contributed by atoms with Gasteiger partial charge in [0.2, 0.25) is 0 Å². The monoisotopic (exact) mass is 564 g/mol. The van der Waals surface area contributed by atoms with E-state index in [4.69, 9.17) is 13.6 Å². The summed E-state index contributed by atoms with van der Waals surface area (Å²) in [6.07, 6.45) is 9.23. The maximum absolute atomic E-state index is 14.5. The molecule has 4 aliphatic rings. The van der Waals surface area contributed by atoms with E-state index in [1.807, 2.05) is 0 Å². The Balaban J connectivity index is 1.64. The third-order valence-corrected chi connectivity index (χ3v) is 13.2. The summed E-state index contributed by atoms with van der Waals surface area (Å²) in [6, 6.07) is 0. The Morgan fingerprint density at radius 3 is 2.13 bits per heavy atom. The van der Waals surface area contributed by atoms with Crippen molar-refractivity contribution >= 4 is 28.4 Å². The van der Waals surface area contributed by atoms with Gasteiger partial charge in [0.05, 0.1) is 7.11 Å². The first kappa shape index (κ1) is 30.5. The zero-order valence-electron chi connectivity index (χ0n) is 26.0. The largest absolute Gasteiger partial charge is 0.469 e. The highest BCUT2D eigenvalue weighted by molar-refractivity contribution is 6.70. The number of carbonyl (C=O) groups is 2. The van der Waals surface area contributed by atoms with Gasteiger partial charge in [0.15, 0.2) is 22.4 Å². The van der Waals surface area contributed by atoms with Crippen LogP contribution in [0.5, 0.6) is 0 Å². The molecule has 4 saturated carbocycles. The fraction of sp³-hybridized carbons (Fsp3) is 0.935. The van der Waals surface area contributed by atoms with Crippen LogP contribution in [0.2, 0.25) is 39.3 Å². The summed E-state index contributed by atoms with van der Waals surface area (Å²) in [5.41, 5.74) is 0.260. The molecular formula is C31H56O5Si2. The van der Waals surface area contributed by atoms with Crippen molar-refractivity contribution in [2.75, 3.05) is 7.11 Å². The summed E-state index contributed by atoms with van der Waals surface area (Å²) >= 11 is 0. The number of Topliss-reactive ketones (excluding diaryl/α,β-unsaturated/α-hetero) is 1. The SMILES string of the molecule is COC(=O)CC[C@@H](C)[C@H]1CC[C@H]2[C@@H]3[C@H](O[Si](C)(C)C)C(=O)[C@@H]4C[C@H](O[Si](C)(C)C)CC[C@]4(C)[C@H]3CC[C@]12C. The second-order valence-electron chi connectivity index (χ2n) is 15.8. The molecule has 7 heteroatoms. The molecule has 5 nitrogen and oxygen atoms in total. The summed E-state index contributed by atoms with van der Waals surface area (Å²) in [7, 11) is -2.11. The lowest BCUT2D eigenvalue weighted by Crippen LogP contribution is -2.64. The molecule has 0 aromatic rings. The summed E-state index contributed by atoms with van der Waals surface area (Å²) in [6.45, 7) is 20.8. The number of esters is 1. The van der Waals surface area contributed by atoms with E-state index in [-0.39, 0.29) is 34.9 Å². The van der Waals surface area contributed by atoms with E-state index in [9.17, 15) is 9.59 Å². The van der Waals surface area contributed by atoms with Gasteiger partial charge in [0.1, 0.15) is 6.10 Å². The molecule has 0 aliphatic heterocycles. The van der Waals surface area contributed by atoms with Crippen molar-refractivity contribution in [1.82, 2.24) is 0 Å². The molecule has 0 bridgehead atoms. The summed E-state index contributed by atoms with van der Waals surface area (Å²) in [4.78, 5) is 26.4. The first-order valence-electron chi connectivity index (χ1n) is 15.5. The lowest BCUT2D eigenvalue weighted by molar-refractivity contribution is -0.181. The predicted octanol–water partition coefficient (Wildman–Crippen LogP) is 7.46. The molecule has 0 N–H and O–H groups in total. The smallest absolute Gasteiger partial charge is 0.305 e. The van der Waals surface area contributed by atoms with Gasteiger partial charge in [0, 0.05) is 18.4 Å². The van der Waals surface area contributed by atoms with Crippen LogP contribution in [0.3, 0.4) is 0 Å². The molecule has 4 fully saturated rings. The first-order chi connectivity index (χ1) is 17.5. The molecule has 0 heterocycles. The van der Waals surface area contributed by atoms with Crippen LogP contribution in [0, 0.1) is 46.3 Å². The molecule has 0 unspecified atom stereocenters. The van der Waals surface area contributed by atoms with E-state index in [0.29, 0.717) is 41.8 Å². The number of ketones is 1. The van der Waals surface area contributed by atoms with Gasteiger partial charge in [0.25, 0.3) is 0 Å². The van der Waals surface area contributed by atoms with Gasteiger partial charge in [-0.05, 0) is 131 Å². The minimum Gasteiger partial charge on any atom is -0.469 e. The zero-order valence-corrected chi connectivity index (χ0v) is 28.0. The summed E-state index contributed by atoms with van der Waals surface area (Å²) in [5, 5.41) is 0. The van der Waals surface area contributed by atoms with Crippen LogP contribution in [0.4, 0.5) is 0 Å². The van der Waals surface area contributed by atoms with Crippen molar-refractivity contribution in [3.05, 3.63) is 0 Å². The molecule has 218 valence electrons. The molecule has 0 aromatic heterocycles. The molecule has 0 radical (unpaired) electrons. The fourth-order valence-corrected chi connectivity index (χ4v) is 12.0. The molecule has 38 heavy (non-hydrogen) atoms. The summed E-state index contributed by atoms with van der Waals surface area (Å²) in [5.74, 6) is 2.80. The Kier molecular flexibility index (Phi) is 8.59. The van der Waals surface area contributed by atoms with Crippen molar-refractivity contribution < 1.29 is 23.2 Å². The van der Waals surface area contributed by atoms with Crippen LogP contribution in [-0.4, -0.2) is 47.7 Å². The third-order valence-electron chi connectivity index (χ3n) is 11.2. The number of fused-ring (bicyclic) bond motifs is 5. The Morgan fingerprint density at radius 2 is 1.53 bits per heavy atom. The number of ether oxygens (including phenoxy) is 1.